The molecule has 3 amide bonds. The molecule has 2 aromatic heterocycles. The van der Waals surface area contributed by atoms with Gasteiger partial charge in [0.2, 0.25) is 5.91 Å². The first-order valence-corrected chi connectivity index (χ1v) is 17.4. The molecule has 0 bridgehead atoms. The molecule has 0 saturated heterocycles. The zero-order valence-electron chi connectivity index (χ0n) is 29.4. The van der Waals surface area contributed by atoms with Crippen molar-refractivity contribution in [1.82, 2.24) is 29.7 Å². The van der Waals surface area contributed by atoms with Gasteiger partial charge in [-0.1, -0.05) is 109 Å². The highest BCUT2D eigenvalue weighted by molar-refractivity contribution is 5.94. The van der Waals surface area contributed by atoms with E-state index in [1.54, 1.807) is 0 Å². The lowest BCUT2D eigenvalue weighted by Crippen LogP contribution is -2.42. The van der Waals surface area contributed by atoms with Crippen LogP contribution in [-0.2, 0) is 25.6 Å². The van der Waals surface area contributed by atoms with Crippen molar-refractivity contribution in [2.45, 2.75) is 25.5 Å². The molecule has 13 heteroatoms. The second-order valence-electron chi connectivity index (χ2n) is 12.8. The highest BCUT2D eigenvalue weighted by atomic mass is 16.6. The predicted molar refractivity (Wildman–Crippen MR) is 200 cm³/mol. The first-order chi connectivity index (χ1) is 26.4. The van der Waals surface area contributed by atoms with Crippen LogP contribution in [0.3, 0.4) is 0 Å². The number of nitrogens with one attached hydrogen (secondary N) is 2. The topological polar surface area (TPSA) is 158 Å². The van der Waals surface area contributed by atoms with E-state index in [1.165, 1.54) is 29.0 Å². The Morgan fingerprint density at radius 1 is 0.778 bits per heavy atom. The first kappa shape index (κ1) is 35.5. The SMILES string of the molecule is CC(=O)CN(CCNC(=O)OCC1c2ccccc2-c2ccccc21)C(=O)Cn1cnc2c(NC(=O)OC(c3ccccc3)c3ccccc3)ncnc21. The molecular formula is C41H37N7O6. The average molecular weight is 724 g/mol. The fourth-order valence-corrected chi connectivity index (χ4v) is 6.65. The quantitative estimate of drug-likeness (QED) is 0.143. The van der Waals surface area contributed by atoms with Gasteiger partial charge in [0.25, 0.3) is 0 Å². The number of benzene rings is 4. The average Bonchev–Trinajstić information content (AvgIpc) is 3.75. The molecule has 2 heterocycles. The lowest BCUT2D eigenvalue weighted by Gasteiger charge is -2.22. The van der Waals surface area contributed by atoms with Gasteiger partial charge in [-0.2, -0.15) is 0 Å². The molecule has 0 atom stereocenters. The van der Waals surface area contributed by atoms with Crippen molar-refractivity contribution in [1.29, 1.82) is 0 Å². The van der Waals surface area contributed by atoms with Gasteiger partial charge < -0.3 is 24.3 Å². The van der Waals surface area contributed by atoms with Gasteiger partial charge in [0.05, 0.1) is 12.9 Å². The van der Waals surface area contributed by atoms with Crippen LogP contribution >= 0.6 is 0 Å². The van der Waals surface area contributed by atoms with E-state index in [1.807, 2.05) is 97.1 Å². The van der Waals surface area contributed by atoms with Gasteiger partial charge in [-0.05, 0) is 40.3 Å². The van der Waals surface area contributed by atoms with E-state index in [0.29, 0.717) is 0 Å². The summed E-state index contributed by atoms with van der Waals surface area (Å²) in [5.74, 6) is -0.616. The zero-order valence-corrected chi connectivity index (χ0v) is 29.4. The number of hydrogen-bond acceptors (Lipinski definition) is 9. The Bertz CT molecular complexity index is 2210. The predicted octanol–water partition coefficient (Wildman–Crippen LogP) is 6.12. The van der Waals surface area contributed by atoms with Crippen LogP contribution in [0.15, 0.2) is 122 Å². The Morgan fingerprint density at radius 3 is 2.02 bits per heavy atom. The van der Waals surface area contributed by atoms with E-state index < -0.39 is 24.2 Å². The van der Waals surface area contributed by atoms with Crippen molar-refractivity contribution in [2.75, 3.05) is 31.6 Å². The molecule has 7 rings (SSSR count). The summed E-state index contributed by atoms with van der Waals surface area (Å²) in [4.78, 5) is 65.8. The van der Waals surface area contributed by atoms with Gasteiger partial charge in [0.1, 0.15) is 25.3 Å². The minimum atomic E-state index is -0.755. The Kier molecular flexibility index (Phi) is 10.7. The van der Waals surface area contributed by atoms with E-state index in [2.05, 4.69) is 37.7 Å². The molecule has 0 radical (unpaired) electrons. The molecule has 1 aliphatic rings. The third-order valence-electron chi connectivity index (χ3n) is 9.12. The summed E-state index contributed by atoms with van der Waals surface area (Å²) in [7, 11) is 0. The Hall–Kier alpha value is -6.89. The largest absolute Gasteiger partial charge is 0.449 e. The zero-order chi connectivity index (χ0) is 37.4. The molecule has 2 N–H and O–H groups in total. The van der Waals surface area contributed by atoms with Gasteiger partial charge in [-0.25, -0.2) is 24.5 Å². The normalized spacial score (nSPS) is 11.8. The lowest BCUT2D eigenvalue weighted by molar-refractivity contribution is -0.135. The third-order valence-corrected chi connectivity index (χ3v) is 9.12. The summed E-state index contributed by atoms with van der Waals surface area (Å²) in [6.45, 7) is 1.30. The highest BCUT2D eigenvalue weighted by Crippen LogP contribution is 2.44. The number of ether oxygens (including phenoxy) is 2. The monoisotopic (exact) mass is 723 g/mol. The first-order valence-electron chi connectivity index (χ1n) is 17.4. The van der Waals surface area contributed by atoms with Gasteiger partial charge in [-0.15, -0.1) is 0 Å². The Balaban J connectivity index is 0.960. The Morgan fingerprint density at radius 2 is 1.39 bits per heavy atom. The summed E-state index contributed by atoms with van der Waals surface area (Å²) < 4.78 is 13.0. The van der Waals surface area contributed by atoms with Crippen molar-refractivity contribution in [3.8, 4) is 11.1 Å². The summed E-state index contributed by atoms with van der Waals surface area (Å²) in [5, 5.41) is 5.37. The van der Waals surface area contributed by atoms with Crippen LogP contribution in [0.5, 0.6) is 0 Å². The number of carbonyl (C=O) groups is 4. The van der Waals surface area contributed by atoms with Crippen LogP contribution in [0.25, 0.3) is 22.3 Å². The van der Waals surface area contributed by atoms with Gasteiger partial charge in [0, 0.05) is 19.0 Å². The van der Waals surface area contributed by atoms with Gasteiger partial charge in [-0.3, -0.25) is 14.9 Å². The third kappa shape index (κ3) is 7.94. The molecule has 0 fully saturated rings. The van der Waals surface area contributed by atoms with E-state index in [4.69, 9.17) is 9.47 Å². The van der Waals surface area contributed by atoms with E-state index in [-0.39, 0.29) is 61.5 Å². The molecule has 13 nitrogen and oxygen atoms in total. The number of imidazole rings is 1. The molecule has 0 unspecified atom stereocenters. The van der Waals surface area contributed by atoms with Crippen molar-refractivity contribution in [3.05, 3.63) is 144 Å². The number of rotatable bonds is 13. The van der Waals surface area contributed by atoms with Gasteiger partial charge in [0.15, 0.2) is 23.1 Å². The van der Waals surface area contributed by atoms with E-state index >= 15 is 0 Å². The number of ketones is 1. The molecule has 0 aliphatic heterocycles. The number of anilines is 1. The molecule has 0 saturated carbocycles. The fraction of sp³-hybridized carbons (Fsp3) is 0.195. The summed E-state index contributed by atoms with van der Waals surface area (Å²) in [5.41, 5.74) is 6.57. The van der Waals surface area contributed by atoms with Crippen molar-refractivity contribution in [3.63, 3.8) is 0 Å². The van der Waals surface area contributed by atoms with Crippen LogP contribution in [0.1, 0.15) is 41.2 Å². The standard InChI is InChI=1S/C41H37N7O6/c1-27(49)22-47(21-20-42-40(51)53-24-34-32-18-10-8-16-30(32)31-17-9-11-19-33(31)34)35(50)23-48-26-45-36-38(43-25-44-39(36)48)46-41(52)54-37(28-12-4-2-5-13-28)29-14-6-3-7-15-29/h2-19,25-26,34,37H,20-24H2,1H3,(H,42,51)(H,43,44,46,52). The number of alkyl carbamates (subject to hydrolysis) is 1. The van der Waals surface area contributed by atoms with Crippen LogP contribution in [0, 0.1) is 0 Å². The summed E-state index contributed by atoms with van der Waals surface area (Å²) in [6, 6.07) is 34.9. The van der Waals surface area contributed by atoms with Crippen LogP contribution < -0.4 is 10.6 Å². The second kappa shape index (κ2) is 16.2. The number of hydrogen-bond donors (Lipinski definition) is 2. The van der Waals surface area contributed by atoms with Crippen LogP contribution in [-0.4, -0.2) is 74.5 Å². The number of nitrogens with zero attached hydrogens (tertiary/aromatic N) is 5. The van der Waals surface area contributed by atoms with Crippen LogP contribution in [0.4, 0.5) is 15.4 Å². The minimum Gasteiger partial charge on any atom is -0.449 e. The molecule has 54 heavy (non-hydrogen) atoms. The van der Waals surface area contributed by atoms with Crippen molar-refractivity contribution >= 4 is 40.9 Å². The highest BCUT2D eigenvalue weighted by Gasteiger charge is 2.29. The van der Waals surface area contributed by atoms with E-state index in [9.17, 15) is 19.2 Å². The minimum absolute atomic E-state index is 0.0612. The summed E-state index contributed by atoms with van der Waals surface area (Å²) in [6.07, 6.45) is 0.603. The smallest absolute Gasteiger partial charge is 0.413 e. The maximum atomic E-state index is 13.5. The number of Topliss-reactive ketones (excluding diaryl/α,β-unsaturated/α-hetero) is 1. The number of aromatic nitrogens is 4. The summed E-state index contributed by atoms with van der Waals surface area (Å²) >= 11 is 0. The molecular weight excluding hydrogens is 686 g/mol. The molecule has 1 aliphatic carbocycles. The maximum absolute atomic E-state index is 13.5. The van der Waals surface area contributed by atoms with Crippen LogP contribution in [0.2, 0.25) is 0 Å². The maximum Gasteiger partial charge on any atom is 0.413 e. The van der Waals surface area contributed by atoms with Crippen molar-refractivity contribution in [2.24, 2.45) is 0 Å². The molecule has 272 valence electrons. The number of amides is 3. The lowest BCUT2D eigenvalue weighted by atomic mass is 9.98. The van der Waals surface area contributed by atoms with Gasteiger partial charge >= 0.3 is 12.2 Å². The van der Waals surface area contributed by atoms with E-state index in [0.717, 1.165) is 33.4 Å². The number of carbonyl (C=O) groups excluding carboxylic acids is 4. The van der Waals surface area contributed by atoms with Crippen molar-refractivity contribution < 1.29 is 28.7 Å². The second-order valence-corrected chi connectivity index (χ2v) is 12.8. The number of fused-ring (bicyclic) bond motifs is 4. The Labute approximate surface area is 311 Å². The molecule has 6 aromatic rings. The fourth-order valence-electron chi connectivity index (χ4n) is 6.65. The molecule has 0 spiro atoms. The molecule has 4 aromatic carbocycles.